The summed E-state index contributed by atoms with van der Waals surface area (Å²) in [5.41, 5.74) is 17.2. The predicted molar refractivity (Wildman–Crippen MR) is 303 cm³/mol. The van der Waals surface area contributed by atoms with Gasteiger partial charge in [0.05, 0.1) is 16.7 Å². The number of fused-ring (bicyclic) bond motifs is 6. The number of hydrogen-bond donors (Lipinski definition) is 0. The van der Waals surface area contributed by atoms with E-state index < -0.39 is 8.07 Å². The largest absolute Gasteiger partial charge is 0.309 e. The number of nitrogens with zero attached hydrogens (tertiary/aromatic N) is 1. The molecule has 2 bridgehead atoms. The van der Waals surface area contributed by atoms with Gasteiger partial charge < -0.3 is 4.57 Å². The molecule has 0 saturated carbocycles. The molecule has 0 amide bonds. The summed E-state index contributed by atoms with van der Waals surface area (Å²) in [5, 5.41) is 10.8. The van der Waals surface area contributed by atoms with Crippen molar-refractivity contribution < 1.29 is 0 Å². The molecule has 0 fully saturated rings. The van der Waals surface area contributed by atoms with Crippen LogP contribution in [0.25, 0.3) is 69.9 Å². The molecule has 2 atom stereocenters. The van der Waals surface area contributed by atoms with Crippen LogP contribution >= 0.6 is 11.3 Å². The highest BCUT2D eigenvalue weighted by Crippen LogP contribution is 2.57. The van der Waals surface area contributed by atoms with Gasteiger partial charge in [0.15, 0.2) is 8.07 Å². The van der Waals surface area contributed by atoms with E-state index in [0.29, 0.717) is 0 Å². The zero-order valence-corrected chi connectivity index (χ0v) is 40.7. The molecule has 16 rings (SSSR count). The normalized spacial score (nSPS) is 14.8. The third-order valence-corrected chi connectivity index (χ3v) is 21.9. The highest BCUT2D eigenvalue weighted by molar-refractivity contribution is 7.25. The van der Waals surface area contributed by atoms with Crippen LogP contribution in [-0.4, -0.2) is 12.6 Å². The van der Waals surface area contributed by atoms with Gasteiger partial charge in [0, 0.05) is 42.8 Å². The van der Waals surface area contributed by atoms with Crippen molar-refractivity contribution in [1.29, 1.82) is 0 Å². The first-order valence-electron chi connectivity index (χ1n) is 24.8. The van der Waals surface area contributed by atoms with Crippen molar-refractivity contribution in [2.24, 2.45) is 0 Å². The van der Waals surface area contributed by atoms with Crippen molar-refractivity contribution >= 4 is 82.1 Å². The van der Waals surface area contributed by atoms with Gasteiger partial charge in [0.2, 0.25) is 0 Å². The molecular weight excluding hydrogens is 891 g/mol. The lowest BCUT2D eigenvalue weighted by Crippen LogP contribution is -2.75. The van der Waals surface area contributed by atoms with E-state index in [2.05, 4.69) is 265 Å². The fraction of sp³-hybridized carbons (Fsp3) is 0.0294. The molecule has 0 spiro atoms. The lowest BCUT2D eigenvalue weighted by Gasteiger charge is -2.47. The number of para-hydroxylation sites is 1. The van der Waals surface area contributed by atoms with E-state index in [1.54, 1.807) is 0 Å². The highest BCUT2D eigenvalue weighted by atomic mass is 32.1. The van der Waals surface area contributed by atoms with Crippen molar-refractivity contribution in [3.05, 3.63) is 294 Å². The fourth-order valence-corrected chi connectivity index (χ4v) is 19.2. The zero-order valence-electron chi connectivity index (χ0n) is 38.8. The quantitative estimate of drug-likeness (QED) is 0.111. The summed E-state index contributed by atoms with van der Waals surface area (Å²) >= 11 is 1.88. The number of benzene rings is 11. The molecule has 0 N–H and O–H groups in total. The van der Waals surface area contributed by atoms with E-state index in [4.69, 9.17) is 0 Å². The SMILES string of the molecule is c1ccc(-c2cccc([Si](c3ccccc3)(c3ccccc3)c3cccc4c3C3c5ccccc5C4c4cccc(-n5c6ccccc6c6cc(-c7ccc8sc9ccccc9c8c7)ccc65)c43)c2)cc1. The molecule has 11 aromatic carbocycles. The van der Waals surface area contributed by atoms with Gasteiger partial charge >= 0.3 is 0 Å². The third-order valence-electron chi connectivity index (χ3n) is 15.9. The van der Waals surface area contributed by atoms with Crippen LogP contribution < -0.4 is 20.7 Å². The smallest absolute Gasteiger partial charge is 0.179 e. The molecule has 3 aliphatic carbocycles. The molecule has 3 aliphatic rings. The maximum atomic E-state index is 2.59. The van der Waals surface area contributed by atoms with Gasteiger partial charge in [-0.2, -0.15) is 0 Å². The molecule has 0 radical (unpaired) electrons. The molecule has 332 valence electrons. The number of aromatic nitrogens is 1. The highest BCUT2D eigenvalue weighted by Gasteiger charge is 2.50. The molecule has 2 heterocycles. The molecule has 3 heteroatoms. The molecule has 13 aromatic rings. The van der Waals surface area contributed by atoms with Gasteiger partial charge in [-0.25, -0.2) is 0 Å². The summed E-state index contributed by atoms with van der Waals surface area (Å²) in [6.45, 7) is 0. The van der Waals surface area contributed by atoms with Gasteiger partial charge in [0.25, 0.3) is 0 Å². The van der Waals surface area contributed by atoms with Gasteiger partial charge in [-0.15, -0.1) is 11.3 Å². The molecule has 2 aromatic heterocycles. The summed E-state index contributed by atoms with van der Waals surface area (Å²) < 4.78 is 5.26. The first-order valence-corrected chi connectivity index (χ1v) is 27.6. The monoisotopic (exact) mass is 935 g/mol. The summed E-state index contributed by atoms with van der Waals surface area (Å²) in [6, 6.07) is 99.3. The molecule has 1 nitrogen and oxygen atoms in total. The molecule has 0 aliphatic heterocycles. The fourth-order valence-electron chi connectivity index (χ4n) is 13.0. The minimum atomic E-state index is -3.07. The van der Waals surface area contributed by atoms with Crippen LogP contribution in [0.3, 0.4) is 0 Å². The number of rotatable bonds is 7. The zero-order chi connectivity index (χ0) is 46.6. The van der Waals surface area contributed by atoms with E-state index in [1.807, 2.05) is 11.3 Å². The van der Waals surface area contributed by atoms with Crippen LogP contribution in [0.4, 0.5) is 0 Å². The maximum Gasteiger partial charge on any atom is 0.179 e. The average molecular weight is 936 g/mol. The second-order valence-electron chi connectivity index (χ2n) is 19.4. The van der Waals surface area contributed by atoms with Crippen LogP contribution in [0.5, 0.6) is 0 Å². The standard InChI is InChI=1S/C68H45NSSi/c1-4-19-44(20-5-1)45-21-16-26-50(41-45)71(48-22-6-2-7-23-48,49-24-8-3-9-25-49)64-36-18-32-56-65-53-29-10-11-30-54(53)68(67(56)64)66-55(65)31-17-34-61(66)69-59-33-14-12-27-51(59)57-42-46(37-39-60(57)69)47-38-40-63-58(43-47)52-28-13-15-35-62(52)70-63/h1-43,65,68H. The van der Waals surface area contributed by atoms with Gasteiger partial charge in [-0.3, -0.25) is 0 Å². The minimum absolute atomic E-state index is 0.00662. The maximum absolute atomic E-state index is 3.07. The topological polar surface area (TPSA) is 4.93 Å². The Morgan fingerprint density at radius 3 is 1.61 bits per heavy atom. The molecule has 2 unspecified atom stereocenters. The molecular formula is C68H45NSSi. The summed E-state index contributed by atoms with van der Waals surface area (Å²) in [5.74, 6) is 0.0747. The van der Waals surface area contributed by atoms with Crippen LogP contribution in [0, 0.1) is 0 Å². The van der Waals surface area contributed by atoms with E-state index in [9.17, 15) is 0 Å². The predicted octanol–water partition coefficient (Wildman–Crippen LogP) is 14.9. The number of hydrogen-bond acceptors (Lipinski definition) is 1. The van der Waals surface area contributed by atoms with Crippen molar-refractivity contribution in [2.45, 2.75) is 11.8 Å². The third kappa shape index (κ3) is 5.91. The van der Waals surface area contributed by atoms with E-state index in [-0.39, 0.29) is 11.8 Å². The Morgan fingerprint density at radius 2 is 0.831 bits per heavy atom. The van der Waals surface area contributed by atoms with Gasteiger partial charge in [0.1, 0.15) is 0 Å². The second kappa shape index (κ2) is 15.8. The Balaban J connectivity index is 0.992. The first kappa shape index (κ1) is 40.5. The van der Waals surface area contributed by atoms with Crippen LogP contribution in [0.15, 0.2) is 261 Å². The van der Waals surface area contributed by atoms with E-state index in [1.165, 1.54) is 124 Å². The minimum Gasteiger partial charge on any atom is -0.309 e. The van der Waals surface area contributed by atoms with Crippen LogP contribution in [0.1, 0.15) is 45.2 Å². The Hall–Kier alpha value is -8.34. The van der Waals surface area contributed by atoms with Crippen LogP contribution in [0.2, 0.25) is 0 Å². The van der Waals surface area contributed by atoms with Gasteiger partial charge in [-0.1, -0.05) is 218 Å². The Morgan fingerprint density at radius 1 is 0.310 bits per heavy atom. The van der Waals surface area contributed by atoms with E-state index >= 15 is 0 Å². The summed E-state index contributed by atoms with van der Waals surface area (Å²) in [6.07, 6.45) is 0. The molecule has 71 heavy (non-hydrogen) atoms. The Kier molecular flexibility index (Phi) is 9.05. The number of thiophene rings is 1. The summed E-state index contributed by atoms with van der Waals surface area (Å²) in [4.78, 5) is 0. The van der Waals surface area contributed by atoms with Crippen molar-refractivity contribution in [3.63, 3.8) is 0 Å². The van der Waals surface area contributed by atoms with Crippen molar-refractivity contribution in [1.82, 2.24) is 4.57 Å². The van der Waals surface area contributed by atoms with Gasteiger partial charge in [-0.05, 0) is 119 Å². The first-order chi connectivity index (χ1) is 35.2. The Bertz CT molecular complexity index is 4200. The van der Waals surface area contributed by atoms with Crippen molar-refractivity contribution in [2.75, 3.05) is 0 Å². The Labute approximate surface area is 418 Å². The van der Waals surface area contributed by atoms with E-state index in [0.717, 1.165) is 0 Å². The summed E-state index contributed by atoms with van der Waals surface area (Å²) in [7, 11) is -3.07. The lowest BCUT2D eigenvalue weighted by molar-refractivity contribution is 0.752. The van der Waals surface area contributed by atoms with Crippen molar-refractivity contribution in [3.8, 4) is 27.9 Å². The lowest BCUT2D eigenvalue weighted by atomic mass is 9.60. The average Bonchev–Trinajstić information content (AvgIpc) is 3.99. The van der Waals surface area contributed by atoms with Crippen LogP contribution in [-0.2, 0) is 0 Å². The second-order valence-corrected chi connectivity index (χ2v) is 24.3. The molecule has 0 saturated heterocycles.